The number of rotatable bonds is 4. The van der Waals surface area contributed by atoms with Crippen molar-refractivity contribution in [1.82, 2.24) is 20.0 Å². The second-order valence-electron chi connectivity index (χ2n) is 6.41. The van der Waals surface area contributed by atoms with Crippen LogP contribution in [-0.2, 0) is 0 Å². The minimum atomic E-state index is -4.77. The zero-order chi connectivity index (χ0) is 20.4. The summed E-state index contributed by atoms with van der Waals surface area (Å²) in [6.45, 7) is 0.654. The van der Waals surface area contributed by atoms with Gasteiger partial charge < -0.3 is 9.26 Å². The normalized spacial score (nSPS) is 16.6. The highest BCUT2D eigenvalue weighted by Gasteiger charge is 2.31. The summed E-state index contributed by atoms with van der Waals surface area (Å²) in [5.41, 5.74) is 1.44. The summed E-state index contributed by atoms with van der Waals surface area (Å²) >= 11 is 0. The molecule has 1 fully saturated rings. The Kier molecular flexibility index (Phi) is 4.80. The molecule has 148 valence electrons. The number of aromatic nitrogens is 3. The Morgan fingerprint density at radius 2 is 2.07 bits per heavy atom. The Morgan fingerprint density at radius 1 is 1.21 bits per heavy atom. The Labute approximate surface area is 163 Å². The van der Waals surface area contributed by atoms with E-state index in [0.29, 0.717) is 29.2 Å². The van der Waals surface area contributed by atoms with E-state index in [4.69, 9.17) is 4.52 Å². The van der Waals surface area contributed by atoms with Crippen molar-refractivity contribution in [2.75, 3.05) is 6.54 Å². The molecule has 1 aromatic carbocycles. The third-order valence-corrected chi connectivity index (χ3v) is 4.49. The van der Waals surface area contributed by atoms with Crippen molar-refractivity contribution < 1.29 is 22.4 Å². The van der Waals surface area contributed by atoms with Gasteiger partial charge in [-0.1, -0.05) is 17.3 Å². The number of ether oxygens (including phenoxy) is 1. The van der Waals surface area contributed by atoms with Crippen LogP contribution in [0.5, 0.6) is 5.75 Å². The fraction of sp³-hybridized carbons (Fsp3) is 0.263. The number of halogens is 3. The predicted molar refractivity (Wildman–Crippen MR) is 93.9 cm³/mol. The van der Waals surface area contributed by atoms with Gasteiger partial charge in [-0.2, -0.15) is 10.2 Å². The summed E-state index contributed by atoms with van der Waals surface area (Å²) in [5.74, 6) is 0.342. The molecule has 1 atom stereocenters. The van der Waals surface area contributed by atoms with Crippen LogP contribution in [0.1, 0.15) is 24.7 Å². The maximum atomic E-state index is 12.5. The molecule has 2 aromatic heterocycles. The second kappa shape index (κ2) is 7.43. The van der Waals surface area contributed by atoms with Crippen LogP contribution in [0.15, 0.2) is 47.1 Å². The number of hydrogen-bond donors (Lipinski definition) is 0. The lowest BCUT2D eigenvalue weighted by Crippen LogP contribution is -2.17. The molecule has 1 unspecified atom stereocenters. The minimum absolute atomic E-state index is 0.213. The van der Waals surface area contributed by atoms with Gasteiger partial charge in [0.25, 0.3) is 5.89 Å². The first-order valence-corrected chi connectivity index (χ1v) is 8.75. The maximum absolute atomic E-state index is 12.5. The fourth-order valence-corrected chi connectivity index (χ4v) is 3.22. The van der Waals surface area contributed by atoms with Crippen molar-refractivity contribution in [3.63, 3.8) is 0 Å². The minimum Gasteiger partial charge on any atom is -0.406 e. The molecular weight excluding hydrogens is 387 g/mol. The molecule has 7 nitrogen and oxygen atoms in total. The van der Waals surface area contributed by atoms with Crippen LogP contribution in [-0.4, -0.2) is 32.9 Å². The van der Waals surface area contributed by atoms with Gasteiger partial charge in [0.05, 0.1) is 5.69 Å². The maximum Gasteiger partial charge on any atom is 0.573 e. The van der Waals surface area contributed by atoms with Crippen LogP contribution in [0, 0.1) is 11.5 Å². The Hall–Kier alpha value is -3.61. The number of alkyl halides is 3. The summed E-state index contributed by atoms with van der Waals surface area (Å²) in [5, 5.41) is 13.2. The van der Waals surface area contributed by atoms with Crippen molar-refractivity contribution in [3.05, 3.63) is 48.4 Å². The molecule has 3 heterocycles. The summed E-state index contributed by atoms with van der Waals surface area (Å²) in [6.07, 6.45) is 0.491. The van der Waals surface area contributed by atoms with Crippen molar-refractivity contribution in [2.45, 2.75) is 25.2 Å². The highest BCUT2D eigenvalue weighted by Crippen LogP contribution is 2.32. The number of nitriles is 1. The van der Waals surface area contributed by atoms with Gasteiger partial charge in [0.1, 0.15) is 11.8 Å². The zero-order valence-electron chi connectivity index (χ0n) is 14.9. The number of nitrogens with zero attached hydrogens (tertiary/aromatic N) is 5. The quantitative estimate of drug-likeness (QED) is 0.602. The lowest BCUT2D eigenvalue weighted by Gasteiger charge is -2.13. The van der Waals surface area contributed by atoms with Gasteiger partial charge in [-0.25, -0.2) is 0 Å². The molecule has 29 heavy (non-hydrogen) atoms. The van der Waals surface area contributed by atoms with Gasteiger partial charge in [-0.15, -0.1) is 13.2 Å². The SMILES string of the molecule is N#CN1CCCC1c1noc(-c2ccnc(-c3cccc(OC(F)(F)F)c3)c2)n1. The number of likely N-dealkylation sites (tertiary alicyclic amines) is 1. The van der Waals surface area contributed by atoms with Crippen molar-refractivity contribution in [2.24, 2.45) is 0 Å². The molecule has 10 heteroatoms. The van der Waals surface area contributed by atoms with Gasteiger partial charge in [-0.3, -0.25) is 9.88 Å². The average molecular weight is 401 g/mol. The molecule has 0 bridgehead atoms. The van der Waals surface area contributed by atoms with E-state index in [-0.39, 0.29) is 17.7 Å². The Balaban J connectivity index is 1.60. The molecule has 1 saturated heterocycles. The van der Waals surface area contributed by atoms with Gasteiger partial charge in [-0.05, 0) is 37.1 Å². The lowest BCUT2D eigenvalue weighted by atomic mass is 10.1. The van der Waals surface area contributed by atoms with Crippen LogP contribution in [0.4, 0.5) is 13.2 Å². The predicted octanol–water partition coefficient (Wildman–Crippen LogP) is 4.32. The van der Waals surface area contributed by atoms with E-state index < -0.39 is 6.36 Å². The van der Waals surface area contributed by atoms with Crippen LogP contribution < -0.4 is 4.74 Å². The fourth-order valence-electron chi connectivity index (χ4n) is 3.22. The van der Waals surface area contributed by atoms with Crippen molar-refractivity contribution >= 4 is 0 Å². The third-order valence-electron chi connectivity index (χ3n) is 4.49. The Morgan fingerprint density at radius 3 is 2.86 bits per heavy atom. The molecule has 1 aliphatic heterocycles. The topological polar surface area (TPSA) is 88.1 Å². The van der Waals surface area contributed by atoms with Gasteiger partial charge in [0.15, 0.2) is 12.0 Å². The van der Waals surface area contributed by atoms with Gasteiger partial charge in [0, 0.05) is 23.9 Å². The van der Waals surface area contributed by atoms with Crippen molar-refractivity contribution in [1.29, 1.82) is 5.26 Å². The molecule has 3 aromatic rings. The van der Waals surface area contributed by atoms with E-state index in [0.717, 1.165) is 12.8 Å². The second-order valence-corrected chi connectivity index (χ2v) is 6.41. The molecule has 0 saturated carbocycles. The summed E-state index contributed by atoms with van der Waals surface area (Å²) < 4.78 is 46.7. The number of pyridine rings is 1. The Bertz CT molecular complexity index is 1060. The molecule has 4 rings (SSSR count). The van der Waals surface area contributed by atoms with Crippen LogP contribution in [0.3, 0.4) is 0 Å². The van der Waals surface area contributed by atoms with Crippen LogP contribution in [0.2, 0.25) is 0 Å². The molecule has 1 aliphatic rings. The first-order chi connectivity index (χ1) is 13.9. The van der Waals surface area contributed by atoms with Gasteiger partial charge in [0.2, 0.25) is 0 Å². The highest BCUT2D eigenvalue weighted by molar-refractivity contribution is 5.67. The van der Waals surface area contributed by atoms with Crippen LogP contribution in [0.25, 0.3) is 22.7 Å². The van der Waals surface area contributed by atoms with Crippen LogP contribution >= 0.6 is 0 Å². The molecule has 0 spiro atoms. The lowest BCUT2D eigenvalue weighted by molar-refractivity contribution is -0.274. The monoisotopic (exact) mass is 401 g/mol. The molecule has 0 radical (unpaired) electrons. The van der Waals surface area contributed by atoms with E-state index in [9.17, 15) is 18.4 Å². The summed E-state index contributed by atoms with van der Waals surface area (Å²) in [4.78, 5) is 10.2. The molecule has 0 amide bonds. The van der Waals surface area contributed by atoms with E-state index in [1.54, 1.807) is 23.1 Å². The summed E-state index contributed by atoms with van der Waals surface area (Å²) in [7, 11) is 0. The summed E-state index contributed by atoms with van der Waals surface area (Å²) in [6, 6.07) is 8.63. The van der Waals surface area contributed by atoms with E-state index in [1.807, 2.05) is 0 Å². The highest BCUT2D eigenvalue weighted by atomic mass is 19.4. The van der Waals surface area contributed by atoms with E-state index in [2.05, 4.69) is 26.1 Å². The van der Waals surface area contributed by atoms with Crippen molar-refractivity contribution in [3.8, 4) is 34.7 Å². The standard InChI is InChI=1S/C19H14F3N5O2/c20-19(21,22)28-14-4-1-3-12(9-14)15-10-13(6-7-24-15)18-25-17(26-29-18)16-5-2-8-27(16)11-23/h1,3-4,6-7,9-10,16H,2,5,8H2. The zero-order valence-corrected chi connectivity index (χ0v) is 14.9. The number of benzene rings is 1. The molecular formula is C19H14F3N5O2. The smallest absolute Gasteiger partial charge is 0.406 e. The third kappa shape index (κ3) is 4.13. The molecule has 0 N–H and O–H groups in total. The van der Waals surface area contributed by atoms with Gasteiger partial charge >= 0.3 is 6.36 Å². The first-order valence-electron chi connectivity index (χ1n) is 8.75. The number of hydrogen-bond acceptors (Lipinski definition) is 7. The first kappa shape index (κ1) is 18.7. The largest absolute Gasteiger partial charge is 0.573 e. The molecule has 0 aliphatic carbocycles. The average Bonchev–Trinajstić information content (AvgIpc) is 3.36. The van der Waals surface area contributed by atoms with E-state index in [1.165, 1.54) is 24.4 Å². The van der Waals surface area contributed by atoms with E-state index >= 15 is 0 Å².